The molecule has 0 spiro atoms. The Labute approximate surface area is 103 Å². The van der Waals surface area contributed by atoms with E-state index in [0.717, 1.165) is 0 Å². The van der Waals surface area contributed by atoms with Crippen LogP contribution in [-0.2, 0) is 16.6 Å². The number of hydrogen-bond acceptors (Lipinski definition) is 3. The highest BCUT2D eigenvalue weighted by atomic mass is 32.2. The van der Waals surface area contributed by atoms with Crippen LogP contribution in [0, 0.1) is 0 Å². The van der Waals surface area contributed by atoms with Gasteiger partial charge in [-0.05, 0) is 34.6 Å². The molecule has 1 aromatic rings. The van der Waals surface area contributed by atoms with Crippen molar-refractivity contribution in [3.63, 3.8) is 0 Å². The third kappa shape index (κ3) is 2.87. The van der Waals surface area contributed by atoms with Crippen LogP contribution in [-0.4, -0.2) is 34.6 Å². The van der Waals surface area contributed by atoms with Gasteiger partial charge < -0.3 is 0 Å². The zero-order valence-electron chi connectivity index (χ0n) is 11.1. The van der Waals surface area contributed by atoms with E-state index in [1.54, 1.807) is 10.9 Å². The first-order valence-electron chi connectivity index (χ1n) is 5.86. The average molecular weight is 259 g/mol. The topological polar surface area (TPSA) is 55.2 Å². The molecule has 0 saturated heterocycles. The predicted molar refractivity (Wildman–Crippen MR) is 67.2 cm³/mol. The van der Waals surface area contributed by atoms with Gasteiger partial charge in [0.05, 0.1) is 6.20 Å². The summed E-state index contributed by atoms with van der Waals surface area (Å²) in [5.74, 6) is 0. The van der Waals surface area contributed by atoms with E-state index < -0.39 is 10.0 Å². The summed E-state index contributed by atoms with van der Waals surface area (Å²) < 4.78 is 28.0. The second-order valence-electron chi connectivity index (χ2n) is 4.55. The average Bonchev–Trinajstić information content (AvgIpc) is 2.63. The third-order valence-electron chi connectivity index (χ3n) is 2.53. The maximum atomic E-state index is 12.4. The van der Waals surface area contributed by atoms with E-state index in [-0.39, 0.29) is 17.0 Å². The SMILES string of the molecule is CCn1cc(S(=O)(=O)N(C(C)C)C(C)C)cn1. The van der Waals surface area contributed by atoms with Crippen LogP contribution in [0.25, 0.3) is 0 Å². The number of hydrogen-bond donors (Lipinski definition) is 0. The van der Waals surface area contributed by atoms with Gasteiger partial charge in [-0.3, -0.25) is 4.68 Å². The van der Waals surface area contributed by atoms with Crippen molar-refractivity contribution in [3.8, 4) is 0 Å². The Morgan fingerprint density at radius 2 is 1.82 bits per heavy atom. The first-order valence-corrected chi connectivity index (χ1v) is 7.30. The minimum absolute atomic E-state index is 0.0648. The van der Waals surface area contributed by atoms with Crippen molar-refractivity contribution in [1.29, 1.82) is 0 Å². The fourth-order valence-electron chi connectivity index (χ4n) is 1.92. The maximum absolute atomic E-state index is 12.4. The van der Waals surface area contributed by atoms with Crippen LogP contribution >= 0.6 is 0 Å². The van der Waals surface area contributed by atoms with E-state index in [2.05, 4.69) is 5.10 Å². The summed E-state index contributed by atoms with van der Waals surface area (Å²) in [5, 5.41) is 4.01. The van der Waals surface area contributed by atoms with Crippen molar-refractivity contribution < 1.29 is 8.42 Å². The smallest absolute Gasteiger partial charge is 0.246 e. The molecule has 1 aromatic heterocycles. The number of sulfonamides is 1. The summed E-state index contributed by atoms with van der Waals surface area (Å²) in [7, 11) is -3.44. The number of aromatic nitrogens is 2. The van der Waals surface area contributed by atoms with E-state index in [1.165, 1.54) is 10.5 Å². The fourth-order valence-corrected chi connectivity index (χ4v) is 3.71. The molecule has 0 atom stereocenters. The molecule has 1 heterocycles. The second kappa shape index (κ2) is 5.18. The van der Waals surface area contributed by atoms with Crippen LogP contribution in [0.5, 0.6) is 0 Å². The Kier molecular flexibility index (Phi) is 4.32. The van der Waals surface area contributed by atoms with Crippen molar-refractivity contribution in [1.82, 2.24) is 14.1 Å². The molecule has 0 bridgehead atoms. The first kappa shape index (κ1) is 14.2. The fraction of sp³-hybridized carbons (Fsp3) is 0.727. The van der Waals surface area contributed by atoms with Crippen LogP contribution in [0.4, 0.5) is 0 Å². The molecule has 0 aliphatic rings. The highest BCUT2D eigenvalue weighted by molar-refractivity contribution is 7.89. The largest absolute Gasteiger partial charge is 0.272 e. The predicted octanol–water partition coefficient (Wildman–Crippen LogP) is 1.71. The van der Waals surface area contributed by atoms with Gasteiger partial charge in [-0.25, -0.2) is 8.42 Å². The minimum atomic E-state index is -3.44. The summed E-state index contributed by atoms with van der Waals surface area (Å²) in [6.07, 6.45) is 2.99. The lowest BCUT2D eigenvalue weighted by Gasteiger charge is -2.28. The Morgan fingerprint density at radius 1 is 1.29 bits per heavy atom. The van der Waals surface area contributed by atoms with Crippen molar-refractivity contribution >= 4 is 10.0 Å². The van der Waals surface area contributed by atoms with Crippen LogP contribution in [0.15, 0.2) is 17.3 Å². The van der Waals surface area contributed by atoms with Gasteiger partial charge in [-0.1, -0.05) is 0 Å². The van der Waals surface area contributed by atoms with E-state index in [1.807, 2.05) is 34.6 Å². The normalized spacial score (nSPS) is 12.9. The molecule has 0 unspecified atom stereocenters. The zero-order chi connectivity index (χ0) is 13.2. The van der Waals surface area contributed by atoms with Crippen molar-refractivity contribution in [2.45, 2.75) is 58.1 Å². The molecule has 5 nitrogen and oxygen atoms in total. The van der Waals surface area contributed by atoms with Crippen molar-refractivity contribution in [2.24, 2.45) is 0 Å². The van der Waals surface area contributed by atoms with Crippen LogP contribution < -0.4 is 0 Å². The molecular weight excluding hydrogens is 238 g/mol. The molecule has 1 rings (SSSR count). The van der Waals surface area contributed by atoms with Crippen LogP contribution in [0.3, 0.4) is 0 Å². The van der Waals surface area contributed by atoms with Gasteiger partial charge in [0.1, 0.15) is 4.90 Å². The lowest BCUT2D eigenvalue weighted by atomic mass is 10.3. The van der Waals surface area contributed by atoms with E-state index >= 15 is 0 Å². The van der Waals surface area contributed by atoms with Gasteiger partial charge in [0.15, 0.2) is 0 Å². The quantitative estimate of drug-likeness (QED) is 0.809. The maximum Gasteiger partial charge on any atom is 0.246 e. The van der Waals surface area contributed by atoms with E-state index in [9.17, 15) is 8.42 Å². The van der Waals surface area contributed by atoms with Gasteiger partial charge in [0.25, 0.3) is 0 Å². The Hall–Kier alpha value is -0.880. The molecular formula is C11H21N3O2S. The standard InChI is InChI=1S/C11H21N3O2S/c1-6-13-8-11(7-12-13)17(15,16)14(9(2)3)10(4)5/h7-10H,6H2,1-5H3. The highest BCUT2D eigenvalue weighted by Crippen LogP contribution is 2.20. The van der Waals surface area contributed by atoms with Gasteiger partial charge in [-0.15, -0.1) is 0 Å². The summed E-state index contributed by atoms with van der Waals surface area (Å²) in [6.45, 7) is 10.1. The molecule has 6 heteroatoms. The third-order valence-corrected chi connectivity index (χ3v) is 4.73. The molecule has 0 radical (unpaired) electrons. The number of rotatable bonds is 5. The Bertz CT molecular complexity index is 455. The van der Waals surface area contributed by atoms with Gasteiger partial charge >= 0.3 is 0 Å². The molecule has 0 aromatic carbocycles. The van der Waals surface area contributed by atoms with Crippen molar-refractivity contribution in [2.75, 3.05) is 0 Å². The minimum Gasteiger partial charge on any atom is -0.272 e. The second-order valence-corrected chi connectivity index (χ2v) is 6.40. The lowest BCUT2D eigenvalue weighted by molar-refractivity contribution is 0.302. The Balaban J connectivity index is 3.16. The Morgan fingerprint density at radius 3 is 2.18 bits per heavy atom. The highest BCUT2D eigenvalue weighted by Gasteiger charge is 2.30. The summed E-state index contributed by atoms with van der Waals surface area (Å²) >= 11 is 0. The molecule has 0 amide bonds. The monoisotopic (exact) mass is 259 g/mol. The van der Waals surface area contributed by atoms with E-state index in [4.69, 9.17) is 0 Å². The molecule has 98 valence electrons. The number of aryl methyl sites for hydroxylation is 1. The summed E-state index contributed by atoms with van der Waals surface area (Å²) in [6, 6.07) is -0.130. The molecule has 0 aliphatic carbocycles. The molecule has 17 heavy (non-hydrogen) atoms. The van der Waals surface area contributed by atoms with Gasteiger partial charge in [-0.2, -0.15) is 9.40 Å². The lowest BCUT2D eigenvalue weighted by Crippen LogP contribution is -2.41. The molecule has 0 fully saturated rings. The molecule has 0 aliphatic heterocycles. The van der Waals surface area contributed by atoms with E-state index in [0.29, 0.717) is 6.54 Å². The molecule has 0 saturated carbocycles. The van der Waals surface area contributed by atoms with Crippen LogP contribution in [0.2, 0.25) is 0 Å². The molecule has 0 N–H and O–H groups in total. The zero-order valence-corrected chi connectivity index (χ0v) is 11.9. The summed E-state index contributed by atoms with van der Waals surface area (Å²) in [5.41, 5.74) is 0. The first-order chi connectivity index (χ1) is 7.80. The number of nitrogens with zero attached hydrogens (tertiary/aromatic N) is 3. The van der Waals surface area contributed by atoms with Crippen molar-refractivity contribution in [3.05, 3.63) is 12.4 Å². The van der Waals surface area contributed by atoms with Gasteiger partial charge in [0, 0.05) is 24.8 Å². The summed E-state index contributed by atoms with van der Waals surface area (Å²) in [4.78, 5) is 0.266. The van der Waals surface area contributed by atoms with Gasteiger partial charge in [0.2, 0.25) is 10.0 Å². The van der Waals surface area contributed by atoms with Crippen LogP contribution in [0.1, 0.15) is 34.6 Å².